The predicted octanol–water partition coefficient (Wildman–Crippen LogP) is 4.13. The molecular formula is C27H27F2N5O4. The van der Waals surface area contributed by atoms with Crippen molar-refractivity contribution in [3.05, 3.63) is 64.2 Å². The van der Waals surface area contributed by atoms with Gasteiger partial charge in [-0.1, -0.05) is 22.8 Å². The Labute approximate surface area is 217 Å². The standard InChI is InChI=1S/C27H27F2N5O4/c1-15-5-7-16(8-6-15)24-32-33-26(38-24)31-27(9-10-27)17-12-18(22(28)29)20-14-34(25(37)19(20)13-17)21(4-3-11-35)23(36)30-2/h5-8,11-13,21-22H,3-4,9-10,14H2,1-2H3,(H,30,36)(H,31,33). The summed E-state index contributed by atoms with van der Waals surface area (Å²) < 4.78 is 34.2. The van der Waals surface area contributed by atoms with Crippen LogP contribution in [0.2, 0.25) is 0 Å². The third-order valence-electron chi connectivity index (χ3n) is 7.19. The number of aryl methyl sites for hydroxylation is 1. The third kappa shape index (κ3) is 4.64. The summed E-state index contributed by atoms with van der Waals surface area (Å²) in [5.74, 6) is -0.640. The summed E-state index contributed by atoms with van der Waals surface area (Å²) in [6.45, 7) is 1.84. The van der Waals surface area contributed by atoms with Crippen LogP contribution in [0, 0.1) is 6.92 Å². The lowest BCUT2D eigenvalue weighted by Crippen LogP contribution is -2.46. The maximum Gasteiger partial charge on any atom is 0.316 e. The van der Waals surface area contributed by atoms with Crippen molar-refractivity contribution in [2.24, 2.45) is 0 Å². The molecule has 1 aliphatic carbocycles. The highest BCUT2D eigenvalue weighted by Gasteiger charge is 2.48. The molecule has 2 aromatic carbocycles. The van der Waals surface area contributed by atoms with E-state index < -0.39 is 29.8 Å². The minimum absolute atomic E-state index is 0.0625. The van der Waals surface area contributed by atoms with Gasteiger partial charge in [-0.2, -0.15) is 0 Å². The lowest BCUT2D eigenvalue weighted by atomic mass is 9.94. The van der Waals surface area contributed by atoms with Crippen molar-refractivity contribution in [2.45, 2.75) is 57.2 Å². The first-order valence-electron chi connectivity index (χ1n) is 12.4. The molecule has 0 spiro atoms. The molecule has 0 radical (unpaired) electrons. The SMILES string of the molecule is CNC(=O)C(CCC=O)N1Cc2c(cc(C3(Nc4nnc(-c5ccc(C)cc5)o4)CC3)cc2C(F)F)C1=O. The molecule has 2 aliphatic rings. The molecule has 1 aliphatic heterocycles. The van der Waals surface area contributed by atoms with E-state index in [-0.39, 0.29) is 42.1 Å². The number of aromatic nitrogens is 2. The molecule has 1 atom stereocenters. The Morgan fingerprint density at radius 3 is 2.58 bits per heavy atom. The average Bonchev–Trinajstić information content (AvgIpc) is 3.42. The Morgan fingerprint density at radius 2 is 1.95 bits per heavy atom. The molecule has 0 bridgehead atoms. The molecule has 5 rings (SSSR count). The molecule has 2 amide bonds. The first-order valence-corrected chi connectivity index (χ1v) is 12.4. The number of benzene rings is 2. The van der Waals surface area contributed by atoms with E-state index in [1.807, 2.05) is 31.2 Å². The van der Waals surface area contributed by atoms with E-state index in [4.69, 9.17) is 4.42 Å². The number of halogens is 2. The number of hydrogen-bond donors (Lipinski definition) is 2. The molecule has 2 N–H and O–H groups in total. The number of carbonyl (C=O) groups is 3. The zero-order valence-electron chi connectivity index (χ0n) is 21.0. The van der Waals surface area contributed by atoms with E-state index in [2.05, 4.69) is 20.8 Å². The van der Waals surface area contributed by atoms with Crippen LogP contribution in [0.3, 0.4) is 0 Å². The second-order valence-corrected chi connectivity index (χ2v) is 9.68. The number of likely N-dealkylation sites (N-methyl/N-ethyl adjacent to an activating group) is 1. The van der Waals surface area contributed by atoms with Crippen molar-refractivity contribution < 1.29 is 27.6 Å². The molecule has 11 heteroatoms. The first kappa shape index (κ1) is 25.5. The number of alkyl halides is 2. The summed E-state index contributed by atoms with van der Waals surface area (Å²) in [6.07, 6.45) is -0.754. The van der Waals surface area contributed by atoms with Crippen molar-refractivity contribution in [3.63, 3.8) is 0 Å². The number of rotatable bonds is 10. The lowest BCUT2D eigenvalue weighted by Gasteiger charge is -2.25. The number of aldehydes is 1. The van der Waals surface area contributed by atoms with Crippen LogP contribution in [-0.2, 0) is 21.7 Å². The molecule has 1 saturated carbocycles. The summed E-state index contributed by atoms with van der Waals surface area (Å²) in [4.78, 5) is 38.1. The van der Waals surface area contributed by atoms with Gasteiger partial charge in [0.1, 0.15) is 12.3 Å². The first-order chi connectivity index (χ1) is 18.3. The fourth-order valence-electron chi connectivity index (χ4n) is 4.90. The number of carbonyl (C=O) groups excluding carboxylic acids is 3. The number of hydrogen-bond acceptors (Lipinski definition) is 7. The van der Waals surface area contributed by atoms with Crippen molar-refractivity contribution in [1.82, 2.24) is 20.4 Å². The van der Waals surface area contributed by atoms with E-state index in [0.717, 1.165) is 11.1 Å². The number of nitrogens with zero attached hydrogens (tertiary/aromatic N) is 3. The molecular weight excluding hydrogens is 496 g/mol. The zero-order valence-corrected chi connectivity index (χ0v) is 21.0. The van der Waals surface area contributed by atoms with Crippen LogP contribution >= 0.6 is 0 Å². The van der Waals surface area contributed by atoms with Crippen molar-refractivity contribution in [3.8, 4) is 11.5 Å². The molecule has 0 saturated heterocycles. The highest BCUT2D eigenvalue weighted by atomic mass is 19.3. The normalized spacial score (nSPS) is 16.3. The van der Waals surface area contributed by atoms with Crippen LogP contribution in [0.1, 0.15) is 64.7 Å². The smallest absolute Gasteiger partial charge is 0.316 e. The van der Waals surface area contributed by atoms with Crippen LogP contribution < -0.4 is 10.6 Å². The van der Waals surface area contributed by atoms with Gasteiger partial charge < -0.3 is 24.7 Å². The molecule has 38 heavy (non-hydrogen) atoms. The van der Waals surface area contributed by atoms with Gasteiger partial charge in [-0.05, 0) is 61.6 Å². The van der Waals surface area contributed by atoms with Gasteiger partial charge in [-0.3, -0.25) is 9.59 Å². The molecule has 2 heterocycles. The van der Waals surface area contributed by atoms with Gasteiger partial charge in [0.05, 0.1) is 5.54 Å². The van der Waals surface area contributed by atoms with Crippen LogP contribution in [0.15, 0.2) is 40.8 Å². The monoisotopic (exact) mass is 523 g/mol. The topological polar surface area (TPSA) is 117 Å². The molecule has 9 nitrogen and oxygen atoms in total. The van der Waals surface area contributed by atoms with Crippen LogP contribution in [0.25, 0.3) is 11.5 Å². The van der Waals surface area contributed by atoms with Gasteiger partial charge >= 0.3 is 6.01 Å². The number of amides is 2. The number of anilines is 1. The highest BCUT2D eigenvalue weighted by molar-refractivity contribution is 6.01. The van der Waals surface area contributed by atoms with Gasteiger partial charge in [0.2, 0.25) is 11.8 Å². The molecule has 198 valence electrons. The van der Waals surface area contributed by atoms with Gasteiger partial charge in [0.15, 0.2) is 0 Å². The summed E-state index contributed by atoms with van der Waals surface area (Å²) in [5.41, 5.74) is 1.71. The summed E-state index contributed by atoms with van der Waals surface area (Å²) in [6, 6.07) is 9.84. The average molecular weight is 524 g/mol. The lowest BCUT2D eigenvalue weighted by molar-refractivity contribution is -0.125. The Bertz CT molecular complexity index is 1380. The van der Waals surface area contributed by atoms with Crippen molar-refractivity contribution in [1.29, 1.82) is 0 Å². The molecule has 3 aromatic rings. The molecule has 1 fully saturated rings. The Hall–Kier alpha value is -4.15. The fourth-order valence-corrected chi connectivity index (χ4v) is 4.90. The van der Waals surface area contributed by atoms with Crippen LogP contribution in [0.4, 0.5) is 14.8 Å². The third-order valence-corrected chi connectivity index (χ3v) is 7.19. The maximum absolute atomic E-state index is 14.2. The maximum atomic E-state index is 14.2. The van der Waals surface area contributed by atoms with Gasteiger partial charge in [-0.15, -0.1) is 5.10 Å². The van der Waals surface area contributed by atoms with E-state index >= 15 is 0 Å². The predicted molar refractivity (Wildman–Crippen MR) is 133 cm³/mol. The number of fused-ring (bicyclic) bond motifs is 1. The van der Waals surface area contributed by atoms with Crippen LogP contribution in [-0.4, -0.2) is 46.3 Å². The molecule has 1 aromatic heterocycles. The second-order valence-electron chi connectivity index (χ2n) is 9.68. The Morgan fingerprint density at radius 1 is 1.21 bits per heavy atom. The van der Waals surface area contributed by atoms with E-state index in [0.29, 0.717) is 30.6 Å². The summed E-state index contributed by atoms with van der Waals surface area (Å²) in [5, 5.41) is 13.9. The number of nitrogens with one attached hydrogen (secondary N) is 2. The largest absolute Gasteiger partial charge is 0.403 e. The van der Waals surface area contributed by atoms with Crippen LogP contribution in [0.5, 0.6) is 0 Å². The minimum Gasteiger partial charge on any atom is -0.403 e. The summed E-state index contributed by atoms with van der Waals surface area (Å²) >= 11 is 0. The second kappa shape index (κ2) is 9.96. The van der Waals surface area contributed by atoms with Crippen molar-refractivity contribution >= 4 is 24.1 Å². The van der Waals surface area contributed by atoms with Crippen molar-refractivity contribution in [2.75, 3.05) is 12.4 Å². The van der Waals surface area contributed by atoms with E-state index in [1.54, 1.807) is 6.07 Å². The summed E-state index contributed by atoms with van der Waals surface area (Å²) in [7, 11) is 1.43. The highest BCUT2D eigenvalue weighted by Crippen LogP contribution is 2.50. The van der Waals surface area contributed by atoms with Gasteiger partial charge in [0.25, 0.3) is 12.3 Å². The minimum atomic E-state index is -2.82. The fraction of sp³-hybridized carbons (Fsp3) is 0.370. The van der Waals surface area contributed by atoms with Gasteiger partial charge in [0, 0.05) is 36.7 Å². The Balaban J connectivity index is 1.44. The molecule has 1 unspecified atom stereocenters. The van der Waals surface area contributed by atoms with Gasteiger partial charge in [-0.25, -0.2) is 8.78 Å². The zero-order chi connectivity index (χ0) is 27.0. The van der Waals surface area contributed by atoms with E-state index in [1.165, 1.54) is 18.0 Å². The van der Waals surface area contributed by atoms with E-state index in [9.17, 15) is 23.2 Å². The Kier molecular flexibility index (Phi) is 6.68. The quantitative estimate of drug-likeness (QED) is 0.384.